The molecule has 2 nitrogen and oxygen atoms in total. The summed E-state index contributed by atoms with van der Waals surface area (Å²) in [5.74, 6) is 1.13. The van der Waals surface area contributed by atoms with Gasteiger partial charge in [-0.3, -0.25) is 4.99 Å². The van der Waals surface area contributed by atoms with E-state index in [2.05, 4.69) is 36.3 Å². The van der Waals surface area contributed by atoms with E-state index < -0.39 is 0 Å². The van der Waals surface area contributed by atoms with Crippen molar-refractivity contribution in [3.05, 3.63) is 34.4 Å². The number of thioether (sulfide) groups is 1. The van der Waals surface area contributed by atoms with Crippen molar-refractivity contribution in [2.24, 2.45) is 4.99 Å². The first-order valence-electron chi connectivity index (χ1n) is 6.28. The van der Waals surface area contributed by atoms with Gasteiger partial charge in [0.15, 0.2) is 5.17 Å². The topological polar surface area (TPSA) is 24.4 Å². The molecule has 0 saturated carbocycles. The van der Waals surface area contributed by atoms with Gasteiger partial charge < -0.3 is 5.32 Å². The van der Waals surface area contributed by atoms with Gasteiger partial charge in [0, 0.05) is 5.75 Å². The molecule has 90 valence electrons. The van der Waals surface area contributed by atoms with Crippen molar-refractivity contribution in [1.29, 1.82) is 0 Å². The molecule has 0 fully saturated rings. The molecule has 2 aliphatic rings. The normalized spacial score (nSPS) is 22.5. The first-order chi connectivity index (χ1) is 8.24. The molecule has 3 heteroatoms. The van der Waals surface area contributed by atoms with Crippen molar-refractivity contribution in [2.45, 2.75) is 32.7 Å². The summed E-state index contributed by atoms with van der Waals surface area (Å²) in [6, 6.07) is 5.11. The Hall–Kier alpha value is -0.960. The summed E-state index contributed by atoms with van der Waals surface area (Å²) in [6.45, 7) is 5.39. The largest absolute Gasteiger partial charge is 0.358 e. The molecule has 1 aliphatic carbocycles. The molecule has 0 radical (unpaired) electrons. The number of nitrogens with zero attached hydrogens (tertiary/aromatic N) is 1. The SMILES string of the molecule is Cc1cc(C)c2c(c1)C(NC1=NCCS1)CC2. The van der Waals surface area contributed by atoms with Crippen LogP contribution in [0.5, 0.6) is 0 Å². The second-order valence-electron chi connectivity index (χ2n) is 4.92. The van der Waals surface area contributed by atoms with E-state index in [-0.39, 0.29) is 0 Å². The van der Waals surface area contributed by atoms with Gasteiger partial charge in [0.1, 0.15) is 0 Å². The predicted molar refractivity (Wildman–Crippen MR) is 74.9 cm³/mol. The van der Waals surface area contributed by atoms with Crippen LogP contribution in [-0.2, 0) is 6.42 Å². The summed E-state index contributed by atoms with van der Waals surface area (Å²) in [7, 11) is 0. The van der Waals surface area contributed by atoms with Crippen LogP contribution in [0.2, 0.25) is 0 Å². The summed E-state index contributed by atoms with van der Waals surface area (Å²) in [4.78, 5) is 4.49. The molecular formula is C14H18N2S. The smallest absolute Gasteiger partial charge is 0.157 e. The molecule has 3 rings (SSSR count). The minimum absolute atomic E-state index is 0.480. The van der Waals surface area contributed by atoms with Crippen LogP contribution >= 0.6 is 11.8 Å². The van der Waals surface area contributed by atoms with Crippen LogP contribution in [0, 0.1) is 13.8 Å². The lowest BCUT2D eigenvalue weighted by Crippen LogP contribution is -2.23. The number of hydrogen-bond donors (Lipinski definition) is 1. The highest BCUT2D eigenvalue weighted by atomic mass is 32.2. The third-order valence-electron chi connectivity index (χ3n) is 3.59. The van der Waals surface area contributed by atoms with E-state index in [0.29, 0.717) is 6.04 Å². The summed E-state index contributed by atoms with van der Waals surface area (Å²) in [5.41, 5.74) is 5.87. The van der Waals surface area contributed by atoms with Gasteiger partial charge in [-0.05, 0) is 43.4 Å². The van der Waals surface area contributed by atoms with E-state index in [4.69, 9.17) is 0 Å². The molecule has 1 unspecified atom stereocenters. The molecule has 1 heterocycles. The number of amidine groups is 1. The summed E-state index contributed by atoms with van der Waals surface area (Å²) in [6.07, 6.45) is 2.41. The second kappa shape index (κ2) is 4.37. The molecule has 0 bridgehead atoms. The fraction of sp³-hybridized carbons (Fsp3) is 0.500. The van der Waals surface area contributed by atoms with Gasteiger partial charge in [-0.25, -0.2) is 0 Å². The lowest BCUT2D eigenvalue weighted by atomic mass is 10.0. The number of rotatable bonds is 1. The molecule has 1 N–H and O–H groups in total. The molecule has 1 aromatic carbocycles. The van der Waals surface area contributed by atoms with Crippen LogP contribution in [0.3, 0.4) is 0 Å². The van der Waals surface area contributed by atoms with E-state index in [1.807, 2.05) is 11.8 Å². The average Bonchev–Trinajstić information content (AvgIpc) is 2.89. The average molecular weight is 246 g/mol. The van der Waals surface area contributed by atoms with Gasteiger partial charge in [0.25, 0.3) is 0 Å². The molecule has 1 aliphatic heterocycles. The first-order valence-corrected chi connectivity index (χ1v) is 7.26. The Morgan fingerprint density at radius 1 is 1.35 bits per heavy atom. The highest BCUT2D eigenvalue weighted by molar-refractivity contribution is 8.14. The van der Waals surface area contributed by atoms with Crippen molar-refractivity contribution >= 4 is 16.9 Å². The minimum atomic E-state index is 0.480. The Balaban J connectivity index is 1.87. The fourth-order valence-electron chi connectivity index (χ4n) is 2.85. The number of nitrogens with one attached hydrogen (secondary N) is 1. The monoisotopic (exact) mass is 246 g/mol. The number of benzene rings is 1. The molecular weight excluding hydrogens is 228 g/mol. The maximum absolute atomic E-state index is 4.49. The van der Waals surface area contributed by atoms with Crippen molar-refractivity contribution in [2.75, 3.05) is 12.3 Å². The minimum Gasteiger partial charge on any atom is -0.358 e. The van der Waals surface area contributed by atoms with Gasteiger partial charge in [-0.15, -0.1) is 0 Å². The predicted octanol–water partition coefficient (Wildman–Crippen LogP) is 2.98. The van der Waals surface area contributed by atoms with Gasteiger partial charge in [-0.1, -0.05) is 29.5 Å². The molecule has 1 atom stereocenters. The molecule has 1 aromatic rings. The van der Waals surface area contributed by atoms with E-state index in [0.717, 1.165) is 17.5 Å². The molecule has 0 aromatic heterocycles. The lowest BCUT2D eigenvalue weighted by Gasteiger charge is -2.15. The number of hydrogen-bond acceptors (Lipinski definition) is 3. The van der Waals surface area contributed by atoms with Crippen molar-refractivity contribution in [3.8, 4) is 0 Å². The van der Waals surface area contributed by atoms with Gasteiger partial charge in [0.2, 0.25) is 0 Å². The number of aryl methyl sites for hydroxylation is 2. The fourth-order valence-corrected chi connectivity index (χ4v) is 3.63. The van der Waals surface area contributed by atoms with E-state index >= 15 is 0 Å². The zero-order chi connectivity index (χ0) is 11.8. The zero-order valence-corrected chi connectivity index (χ0v) is 11.2. The van der Waals surface area contributed by atoms with E-state index in [9.17, 15) is 0 Å². The molecule has 0 amide bonds. The van der Waals surface area contributed by atoms with Gasteiger partial charge >= 0.3 is 0 Å². The van der Waals surface area contributed by atoms with Crippen LogP contribution in [0.4, 0.5) is 0 Å². The maximum atomic E-state index is 4.49. The van der Waals surface area contributed by atoms with Crippen molar-refractivity contribution in [1.82, 2.24) is 5.32 Å². The summed E-state index contributed by atoms with van der Waals surface area (Å²) in [5, 5.41) is 4.74. The van der Waals surface area contributed by atoms with E-state index in [1.54, 1.807) is 5.56 Å². The molecule has 17 heavy (non-hydrogen) atoms. The number of fused-ring (bicyclic) bond motifs is 1. The van der Waals surface area contributed by atoms with Crippen LogP contribution < -0.4 is 5.32 Å². The quantitative estimate of drug-likeness (QED) is 0.824. The third kappa shape index (κ3) is 2.08. The first kappa shape index (κ1) is 11.1. The van der Waals surface area contributed by atoms with Crippen LogP contribution in [0.25, 0.3) is 0 Å². The van der Waals surface area contributed by atoms with Crippen molar-refractivity contribution < 1.29 is 0 Å². The van der Waals surface area contributed by atoms with E-state index in [1.165, 1.54) is 29.5 Å². The Kier molecular flexibility index (Phi) is 2.87. The lowest BCUT2D eigenvalue weighted by molar-refractivity contribution is 0.644. The zero-order valence-electron chi connectivity index (χ0n) is 10.4. The summed E-state index contributed by atoms with van der Waals surface area (Å²) >= 11 is 1.85. The molecule has 0 spiro atoms. The van der Waals surface area contributed by atoms with Crippen molar-refractivity contribution in [3.63, 3.8) is 0 Å². The Labute approximate surface area is 107 Å². The van der Waals surface area contributed by atoms with Crippen LogP contribution in [0.15, 0.2) is 17.1 Å². The van der Waals surface area contributed by atoms with Crippen LogP contribution in [0.1, 0.15) is 34.7 Å². The summed E-state index contributed by atoms with van der Waals surface area (Å²) < 4.78 is 0. The Morgan fingerprint density at radius 3 is 3.00 bits per heavy atom. The van der Waals surface area contributed by atoms with Gasteiger partial charge in [-0.2, -0.15) is 0 Å². The standard InChI is InChI=1S/C14H18N2S/c1-9-7-10(2)11-3-4-13(12(11)8-9)16-14-15-5-6-17-14/h7-8,13H,3-6H2,1-2H3,(H,15,16). The third-order valence-corrected chi connectivity index (χ3v) is 4.50. The van der Waals surface area contributed by atoms with Gasteiger partial charge in [0.05, 0.1) is 12.6 Å². The highest BCUT2D eigenvalue weighted by Crippen LogP contribution is 2.34. The Bertz CT molecular complexity index is 479. The number of aliphatic imine (C=N–C) groups is 1. The maximum Gasteiger partial charge on any atom is 0.157 e. The highest BCUT2D eigenvalue weighted by Gasteiger charge is 2.25. The second-order valence-corrected chi connectivity index (χ2v) is 6.00. The molecule has 0 saturated heterocycles. The van der Waals surface area contributed by atoms with Crippen LogP contribution in [-0.4, -0.2) is 17.5 Å². The Morgan fingerprint density at radius 2 is 2.24 bits per heavy atom.